The molecule has 0 spiro atoms. The minimum atomic E-state index is -0.740. The smallest absolute Gasteiger partial charge is 0.240 e. The van der Waals surface area contributed by atoms with E-state index in [2.05, 4.69) is 15.5 Å². The quantitative estimate of drug-likeness (QED) is 0.712. The van der Waals surface area contributed by atoms with Crippen LogP contribution in [0, 0.1) is 11.7 Å². The summed E-state index contributed by atoms with van der Waals surface area (Å²) in [5.74, 6) is -0.392. The van der Waals surface area contributed by atoms with Crippen LogP contribution in [0.15, 0.2) is 24.3 Å². The summed E-state index contributed by atoms with van der Waals surface area (Å²) in [4.78, 5) is 23.0. The van der Waals surface area contributed by atoms with Crippen LogP contribution in [0.25, 0.3) is 11.4 Å². The Balaban J connectivity index is 2.25. The van der Waals surface area contributed by atoms with Gasteiger partial charge in [-0.25, -0.2) is 0 Å². The van der Waals surface area contributed by atoms with Crippen molar-refractivity contribution in [2.75, 3.05) is 0 Å². The third kappa shape index (κ3) is 3.59. The van der Waals surface area contributed by atoms with E-state index in [0.717, 1.165) is 11.1 Å². The fourth-order valence-corrected chi connectivity index (χ4v) is 2.17. The molecule has 2 aromatic rings. The van der Waals surface area contributed by atoms with Crippen molar-refractivity contribution in [3.63, 3.8) is 0 Å². The maximum absolute atomic E-state index is 12.0. The maximum Gasteiger partial charge on any atom is 0.240 e. The van der Waals surface area contributed by atoms with Gasteiger partial charge in [0.2, 0.25) is 11.8 Å². The molecular weight excluding hydrogens is 302 g/mol. The van der Waals surface area contributed by atoms with E-state index < -0.39 is 11.9 Å². The number of rotatable bonds is 5. The Morgan fingerprint density at radius 1 is 1.50 bits per heavy atom. The van der Waals surface area contributed by atoms with Gasteiger partial charge in [-0.3, -0.25) is 19.3 Å². The zero-order valence-electron chi connectivity index (χ0n) is 12.3. The van der Waals surface area contributed by atoms with E-state index in [4.69, 9.17) is 18.0 Å². The lowest BCUT2D eigenvalue weighted by Gasteiger charge is -2.11. The first kappa shape index (κ1) is 15.9. The summed E-state index contributed by atoms with van der Waals surface area (Å²) in [5.41, 5.74) is 7.05. The lowest BCUT2D eigenvalue weighted by molar-refractivity contribution is -0.127. The highest BCUT2D eigenvalue weighted by Gasteiger charge is 2.16. The average molecular weight is 319 g/mol. The van der Waals surface area contributed by atoms with Crippen molar-refractivity contribution < 1.29 is 9.59 Å². The Morgan fingerprint density at radius 2 is 2.23 bits per heavy atom. The first-order valence-electron chi connectivity index (χ1n) is 6.69. The monoisotopic (exact) mass is 319 g/mol. The third-order valence-electron chi connectivity index (χ3n) is 3.14. The van der Waals surface area contributed by atoms with Crippen LogP contribution in [0.4, 0.5) is 0 Å². The van der Waals surface area contributed by atoms with Crippen LogP contribution in [0.5, 0.6) is 0 Å². The van der Waals surface area contributed by atoms with Gasteiger partial charge in [0.15, 0.2) is 10.6 Å². The molecule has 1 aromatic carbocycles. The molecule has 0 aliphatic carbocycles. The molecule has 0 saturated carbocycles. The number of nitrogens with one attached hydrogen (secondary N) is 2. The third-order valence-corrected chi connectivity index (χ3v) is 3.45. The van der Waals surface area contributed by atoms with Gasteiger partial charge in [0, 0.05) is 5.56 Å². The van der Waals surface area contributed by atoms with E-state index >= 15 is 0 Å². The van der Waals surface area contributed by atoms with E-state index in [1.165, 1.54) is 6.92 Å². The van der Waals surface area contributed by atoms with Gasteiger partial charge >= 0.3 is 0 Å². The van der Waals surface area contributed by atoms with Gasteiger partial charge in [-0.05, 0) is 32.1 Å². The molecule has 0 saturated heterocycles. The number of hydrogen-bond donors (Lipinski definition) is 3. The molecule has 1 aromatic heterocycles. The number of carbonyl (C=O) groups excluding carboxylic acids is 2. The van der Waals surface area contributed by atoms with Crippen molar-refractivity contribution in [2.45, 2.75) is 26.4 Å². The van der Waals surface area contributed by atoms with Gasteiger partial charge < -0.3 is 11.1 Å². The minimum absolute atomic E-state index is 0.0454. The van der Waals surface area contributed by atoms with Gasteiger partial charge in [-0.2, -0.15) is 5.10 Å². The van der Waals surface area contributed by atoms with Crippen LogP contribution in [0.1, 0.15) is 12.5 Å². The Hall–Kier alpha value is -2.48. The van der Waals surface area contributed by atoms with E-state index in [1.54, 1.807) is 4.57 Å². The highest BCUT2D eigenvalue weighted by Crippen LogP contribution is 2.18. The van der Waals surface area contributed by atoms with Crippen molar-refractivity contribution in [2.24, 2.45) is 5.73 Å². The second-order valence-electron chi connectivity index (χ2n) is 5.00. The average Bonchev–Trinajstić information content (AvgIpc) is 2.80. The number of nitrogens with zero attached hydrogens (tertiary/aromatic N) is 2. The molecule has 4 N–H and O–H groups in total. The maximum atomic E-state index is 12.0. The molecule has 0 aliphatic rings. The molecule has 116 valence electrons. The fourth-order valence-electron chi connectivity index (χ4n) is 1.97. The summed E-state index contributed by atoms with van der Waals surface area (Å²) >= 11 is 5.16. The lowest BCUT2D eigenvalue weighted by atomic mass is 10.1. The van der Waals surface area contributed by atoms with Crippen LogP contribution in [-0.2, 0) is 16.1 Å². The van der Waals surface area contributed by atoms with Gasteiger partial charge in [0.1, 0.15) is 12.6 Å². The Bertz CT molecular complexity index is 765. The summed E-state index contributed by atoms with van der Waals surface area (Å²) in [6.45, 7) is 3.45. The molecule has 2 rings (SSSR count). The topological polar surface area (TPSA) is 106 Å². The molecule has 0 fully saturated rings. The summed E-state index contributed by atoms with van der Waals surface area (Å²) in [7, 11) is 0. The van der Waals surface area contributed by atoms with Gasteiger partial charge in [0.05, 0.1) is 0 Å². The largest absolute Gasteiger partial charge is 0.368 e. The second kappa shape index (κ2) is 6.52. The number of benzene rings is 1. The summed E-state index contributed by atoms with van der Waals surface area (Å²) in [6, 6.07) is 6.97. The lowest BCUT2D eigenvalue weighted by Crippen LogP contribution is -2.43. The molecule has 22 heavy (non-hydrogen) atoms. The highest BCUT2D eigenvalue weighted by molar-refractivity contribution is 7.71. The Morgan fingerprint density at radius 3 is 2.86 bits per heavy atom. The molecule has 1 atom stereocenters. The van der Waals surface area contributed by atoms with Crippen molar-refractivity contribution in [3.8, 4) is 11.4 Å². The molecule has 7 nitrogen and oxygen atoms in total. The zero-order chi connectivity index (χ0) is 16.3. The van der Waals surface area contributed by atoms with Gasteiger partial charge in [0.25, 0.3) is 0 Å². The molecule has 2 amide bonds. The standard InChI is InChI=1S/C14H17N5O2S/c1-8-4-3-5-10(6-8)13-17-18-14(22)19(13)7-11(20)16-9(2)12(15)21/h3-6,9H,7H2,1-2H3,(H2,15,21)(H,16,20)(H,18,22). The number of aromatic nitrogens is 3. The van der Waals surface area contributed by atoms with E-state index in [-0.39, 0.29) is 12.5 Å². The van der Waals surface area contributed by atoms with E-state index in [9.17, 15) is 9.59 Å². The highest BCUT2D eigenvalue weighted by atomic mass is 32.1. The Labute approximate surface area is 132 Å². The number of aryl methyl sites for hydroxylation is 1. The van der Waals surface area contributed by atoms with Crippen molar-refractivity contribution >= 4 is 24.0 Å². The molecule has 0 aliphatic heterocycles. The second-order valence-corrected chi connectivity index (χ2v) is 5.39. The molecule has 0 radical (unpaired) electrons. The van der Waals surface area contributed by atoms with Gasteiger partial charge in [-0.15, -0.1) is 0 Å². The van der Waals surface area contributed by atoms with Crippen LogP contribution in [0.3, 0.4) is 0 Å². The van der Waals surface area contributed by atoms with Crippen LogP contribution in [0.2, 0.25) is 0 Å². The summed E-state index contributed by atoms with van der Waals surface area (Å²) in [5, 5.41) is 9.36. The zero-order valence-corrected chi connectivity index (χ0v) is 13.1. The normalized spacial score (nSPS) is 11.9. The fraction of sp³-hybridized carbons (Fsp3) is 0.286. The predicted octanol–water partition coefficient (Wildman–Crippen LogP) is 0.906. The number of H-pyrrole nitrogens is 1. The first-order chi connectivity index (χ1) is 10.4. The van der Waals surface area contributed by atoms with Crippen LogP contribution < -0.4 is 11.1 Å². The van der Waals surface area contributed by atoms with Crippen molar-refractivity contribution in [1.29, 1.82) is 0 Å². The number of aromatic amines is 1. The van der Waals surface area contributed by atoms with Crippen LogP contribution in [-0.4, -0.2) is 32.6 Å². The minimum Gasteiger partial charge on any atom is -0.368 e. The number of hydrogen-bond acceptors (Lipinski definition) is 4. The molecular formula is C14H17N5O2S. The number of amides is 2. The van der Waals surface area contributed by atoms with Crippen LogP contribution >= 0.6 is 12.2 Å². The predicted molar refractivity (Wildman–Crippen MR) is 84.4 cm³/mol. The summed E-state index contributed by atoms with van der Waals surface area (Å²) < 4.78 is 1.91. The van der Waals surface area contributed by atoms with Crippen molar-refractivity contribution in [3.05, 3.63) is 34.6 Å². The van der Waals surface area contributed by atoms with E-state index in [1.807, 2.05) is 31.2 Å². The molecule has 0 bridgehead atoms. The number of primary amides is 1. The number of nitrogens with two attached hydrogens (primary N) is 1. The molecule has 1 unspecified atom stereocenters. The van der Waals surface area contributed by atoms with E-state index in [0.29, 0.717) is 10.6 Å². The molecule has 1 heterocycles. The number of carbonyl (C=O) groups is 2. The van der Waals surface area contributed by atoms with Crippen molar-refractivity contribution in [1.82, 2.24) is 20.1 Å². The molecule has 8 heteroatoms. The summed E-state index contributed by atoms with van der Waals surface area (Å²) in [6.07, 6.45) is 0. The van der Waals surface area contributed by atoms with Gasteiger partial charge in [-0.1, -0.05) is 23.8 Å². The first-order valence-corrected chi connectivity index (χ1v) is 7.10. The Kier molecular flexibility index (Phi) is 4.71. The SMILES string of the molecule is Cc1cccc(-c2n[nH]c(=S)n2CC(=O)NC(C)C(N)=O)c1.